The summed E-state index contributed by atoms with van der Waals surface area (Å²) < 4.78 is 3.88. The molecule has 3 heterocycles. The number of benzene rings is 1. The highest BCUT2D eigenvalue weighted by molar-refractivity contribution is 7.09. The molecule has 0 aliphatic carbocycles. The average Bonchev–Trinajstić information content (AvgIpc) is 3.33. The molecule has 0 bridgehead atoms. The van der Waals surface area contributed by atoms with Crippen LogP contribution in [-0.4, -0.2) is 25.0 Å². The molecular formula is C20H21N5OS. The summed E-state index contributed by atoms with van der Waals surface area (Å²) >= 11 is 1.60. The number of amides is 1. The van der Waals surface area contributed by atoms with Gasteiger partial charge in [0.1, 0.15) is 5.69 Å². The minimum absolute atomic E-state index is 0.177. The highest BCUT2D eigenvalue weighted by Gasteiger charge is 2.18. The van der Waals surface area contributed by atoms with Crippen LogP contribution in [0.5, 0.6) is 0 Å². The van der Waals surface area contributed by atoms with Gasteiger partial charge < -0.3 is 9.13 Å². The van der Waals surface area contributed by atoms with Crippen LogP contribution in [0.15, 0.2) is 41.9 Å². The third-order valence-corrected chi connectivity index (χ3v) is 5.25. The number of nitrogens with zero attached hydrogens (tertiary/aromatic N) is 4. The Hall–Kier alpha value is -2.93. The SMILES string of the molecule is CCCn1c(NC(=O)c2cc(-c3csc(C)n3)cn2C)nc2ccccc21. The summed E-state index contributed by atoms with van der Waals surface area (Å²) in [6, 6.07) is 9.80. The Kier molecular flexibility index (Phi) is 4.53. The highest BCUT2D eigenvalue weighted by atomic mass is 32.1. The third-order valence-electron chi connectivity index (χ3n) is 4.48. The fourth-order valence-electron chi connectivity index (χ4n) is 3.21. The molecule has 0 radical (unpaired) electrons. The number of nitrogens with one attached hydrogen (secondary N) is 1. The number of hydrogen-bond donors (Lipinski definition) is 1. The fraction of sp³-hybridized carbons (Fsp3) is 0.250. The molecule has 4 rings (SSSR count). The van der Waals surface area contributed by atoms with E-state index in [2.05, 4.69) is 26.8 Å². The molecule has 0 saturated heterocycles. The second-order valence-electron chi connectivity index (χ2n) is 6.51. The van der Waals surface area contributed by atoms with Gasteiger partial charge >= 0.3 is 0 Å². The number of fused-ring (bicyclic) bond motifs is 1. The molecule has 0 aliphatic rings. The molecule has 138 valence electrons. The fourth-order valence-corrected chi connectivity index (χ4v) is 3.83. The van der Waals surface area contributed by atoms with Gasteiger partial charge in [-0.05, 0) is 31.5 Å². The topological polar surface area (TPSA) is 64.7 Å². The maximum Gasteiger partial charge on any atom is 0.274 e. The Morgan fingerprint density at radius 1 is 1.26 bits per heavy atom. The number of aryl methyl sites for hydroxylation is 3. The van der Waals surface area contributed by atoms with E-state index < -0.39 is 0 Å². The summed E-state index contributed by atoms with van der Waals surface area (Å²) in [5.41, 5.74) is 4.32. The van der Waals surface area contributed by atoms with E-state index in [0.29, 0.717) is 11.6 Å². The van der Waals surface area contributed by atoms with Crippen molar-refractivity contribution in [1.82, 2.24) is 19.1 Å². The van der Waals surface area contributed by atoms with Gasteiger partial charge in [-0.2, -0.15) is 0 Å². The van der Waals surface area contributed by atoms with Crippen molar-refractivity contribution in [2.24, 2.45) is 7.05 Å². The van der Waals surface area contributed by atoms with E-state index in [-0.39, 0.29) is 5.91 Å². The minimum Gasteiger partial charge on any atom is -0.346 e. The Bertz CT molecular complexity index is 1120. The predicted octanol–water partition coefficient (Wildman–Crippen LogP) is 4.47. The lowest BCUT2D eigenvalue weighted by Crippen LogP contribution is -2.18. The van der Waals surface area contributed by atoms with E-state index in [1.807, 2.05) is 60.4 Å². The van der Waals surface area contributed by atoms with Gasteiger partial charge in [0.15, 0.2) is 0 Å². The zero-order valence-corrected chi connectivity index (χ0v) is 16.4. The molecule has 27 heavy (non-hydrogen) atoms. The first kappa shape index (κ1) is 17.5. The number of carbonyl (C=O) groups excluding carboxylic acids is 1. The van der Waals surface area contributed by atoms with Crippen molar-refractivity contribution in [2.75, 3.05) is 5.32 Å². The maximum atomic E-state index is 12.9. The first-order chi connectivity index (χ1) is 13.1. The van der Waals surface area contributed by atoms with Crippen LogP contribution in [-0.2, 0) is 13.6 Å². The predicted molar refractivity (Wildman–Crippen MR) is 109 cm³/mol. The third kappa shape index (κ3) is 3.26. The summed E-state index contributed by atoms with van der Waals surface area (Å²) in [4.78, 5) is 22.0. The van der Waals surface area contributed by atoms with Gasteiger partial charge in [-0.3, -0.25) is 10.1 Å². The van der Waals surface area contributed by atoms with Gasteiger partial charge in [-0.1, -0.05) is 19.1 Å². The molecule has 0 spiro atoms. The van der Waals surface area contributed by atoms with Crippen LogP contribution >= 0.6 is 11.3 Å². The van der Waals surface area contributed by atoms with Crippen LogP contribution in [0.2, 0.25) is 0 Å². The van der Waals surface area contributed by atoms with E-state index in [0.717, 1.165) is 40.3 Å². The number of imidazole rings is 1. The van der Waals surface area contributed by atoms with Crippen molar-refractivity contribution < 1.29 is 4.79 Å². The largest absolute Gasteiger partial charge is 0.346 e. The first-order valence-electron chi connectivity index (χ1n) is 8.92. The van der Waals surface area contributed by atoms with Gasteiger partial charge in [0.05, 0.1) is 21.7 Å². The molecule has 0 fully saturated rings. The molecule has 0 aliphatic heterocycles. The molecule has 1 N–H and O–H groups in total. The van der Waals surface area contributed by atoms with E-state index in [4.69, 9.17) is 0 Å². The van der Waals surface area contributed by atoms with Crippen molar-refractivity contribution in [3.8, 4) is 11.3 Å². The smallest absolute Gasteiger partial charge is 0.274 e. The monoisotopic (exact) mass is 379 g/mol. The van der Waals surface area contributed by atoms with Crippen LogP contribution < -0.4 is 5.32 Å². The van der Waals surface area contributed by atoms with E-state index in [1.54, 1.807) is 11.3 Å². The zero-order valence-electron chi connectivity index (χ0n) is 15.6. The number of para-hydroxylation sites is 2. The molecule has 0 atom stereocenters. The van der Waals surface area contributed by atoms with E-state index in [1.165, 1.54) is 0 Å². The standard InChI is InChI=1S/C20H21N5OS/c1-4-9-25-17-8-6-5-7-15(17)22-20(25)23-19(26)18-10-14(11-24(18)3)16-12-27-13(2)21-16/h5-8,10-12H,4,9H2,1-3H3,(H,22,23,26). The number of carbonyl (C=O) groups is 1. The molecule has 1 aromatic carbocycles. The van der Waals surface area contributed by atoms with Crippen LogP contribution in [0.25, 0.3) is 22.3 Å². The summed E-state index contributed by atoms with van der Waals surface area (Å²) in [6.45, 7) is 4.88. The lowest BCUT2D eigenvalue weighted by Gasteiger charge is -2.09. The molecule has 0 saturated carbocycles. The Morgan fingerprint density at radius 3 is 2.81 bits per heavy atom. The molecule has 4 aromatic rings. The van der Waals surface area contributed by atoms with Gasteiger partial charge in [0, 0.05) is 30.7 Å². The molecule has 0 unspecified atom stereocenters. The minimum atomic E-state index is -0.177. The quantitative estimate of drug-likeness (QED) is 0.556. The number of thiazole rings is 1. The first-order valence-corrected chi connectivity index (χ1v) is 9.80. The summed E-state index contributed by atoms with van der Waals surface area (Å²) in [7, 11) is 1.87. The maximum absolute atomic E-state index is 12.9. The van der Waals surface area contributed by atoms with Gasteiger partial charge in [-0.25, -0.2) is 9.97 Å². The molecule has 1 amide bonds. The summed E-state index contributed by atoms with van der Waals surface area (Å²) in [5.74, 6) is 0.402. The number of aromatic nitrogens is 4. The second-order valence-corrected chi connectivity index (χ2v) is 7.57. The van der Waals surface area contributed by atoms with Crippen LogP contribution in [0.3, 0.4) is 0 Å². The number of hydrogen-bond acceptors (Lipinski definition) is 4. The van der Waals surface area contributed by atoms with E-state index >= 15 is 0 Å². The van der Waals surface area contributed by atoms with Crippen LogP contribution in [0, 0.1) is 6.92 Å². The second kappa shape index (κ2) is 7.00. The highest BCUT2D eigenvalue weighted by Crippen LogP contribution is 2.25. The van der Waals surface area contributed by atoms with Crippen LogP contribution in [0.4, 0.5) is 5.95 Å². The van der Waals surface area contributed by atoms with E-state index in [9.17, 15) is 4.79 Å². The summed E-state index contributed by atoms with van der Waals surface area (Å²) in [6.07, 6.45) is 2.89. The molecular weight excluding hydrogens is 358 g/mol. The van der Waals surface area contributed by atoms with Crippen molar-refractivity contribution >= 4 is 34.2 Å². The number of rotatable bonds is 5. The molecule has 3 aromatic heterocycles. The molecule has 7 heteroatoms. The van der Waals surface area contributed by atoms with Crippen LogP contribution in [0.1, 0.15) is 28.8 Å². The number of anilines is 1. The van der Waals surface area contributed by atoms with Crippen molar-refractivity contribution in [3.63, 3.8) is 0 Å². The van der Waals surface area contributed by atoms with Crippen molar-refractivity contribution in [3.05, 3.63) is 52.6 Å². The Labute approximate surface area is 161 Å². The van der Waals surface area contributed by atoms with Crippen molar-refractivity contribution in [2.45, 2.75) is 26.8 Å². The zero-order chi connectivity index (χ0) is 19.0. The Balaban J connectivity index is 1.66. The van der Waals surface area contributed by atoms with Gasteiger partial charge in [0.2, 0.25) is 5.95 Å². The lowest BCUT2D eigenvalue weighted by atomic mass is 10.2. The van der Waals surface area contributed by atoms with Gasteiger partial charge in [-0.15, -0.1) is 11.3 Å². The molecule has 6 nitrogen and oxygen atoms in total. The van der Waals surface area contributed by atoms with Gasteiger partial charge in [0.25, 0.3) is 5.91 Å². The average molecular weight is 379 g/mol. The lowest BCUT2D eigenvalue weighted by molar-refractivity contribution is 0.101. The summed E-state index contributed by atoms with van der Waals surface area (Å²) in [5, 5.41) is 6.00. The normalized spacial score (nSPS) is 11.2. The Morgan fingerprint density at radius 2 is 2.07 bits per heavy atom. The van der Waals surface area contributed by atoms with Crippen molar-refractivity contribution in [1.29, 1.82) is 0 Å².